The van der Waals surface area contributed by atoms with Crippen molar-refractivity contribution in [1.29, 1.82) is 0 Å². The predicted molar refractivity (Wildman–Crippen MR) is 76.8 cm³/mol. The number of alkyl halides is 1. The lowest BCUT2D eigenvalue weighted by Gasteiger charge is -2.21. The van der Waals surface area contributed by atoms with Gasteiger partial charge in [-0.3, -0.25) is 4.79 Å². The van der Waals surface area contributed by atoms with Crippen molar-refractivity contribution in [1.82, 2.24) is 4.90 Å². The molecule has 0 atom stereocenters. The predicted octanol–water partition coefficient (Wildman–Crippen LogP) is 2.86. The largest absolute Gasteiger partial charge is 0.497 e. The molecule has 0 spiro atoms. The van der Waals surface area contributed by atoms with E-state index in [9.17, 15) is 4.79 Å². The molecule has 0 heterocycles. The first-order chi connectivity index (χ1) is 9.24. The number of methoxy groups -OCH3 is 1. The Morgan fingerprint density at radius 1 is 1.37 bits per heavy atom. The summed E-state index contributed by atoms with van der Waals surface area (Å²) in [6.45, 7) is 0.674. The molecular formula is C15H20ClNO2. The molecule has 1 fully saturated rings. The van der Waals surface area contributed by atoms with E-state index >= 15 is 0 Å². The first-order valence-corrected chi connectivity index (χ1v) is 7.26. The van der Waals surface area contributed by atoms with E-state index in [1.807, 2.05) is 29.2 Å². The lowest BCUT2D eigenvalue weighted by molar-refractivity contribution is -0.131. The molecule has 4 heteroatoms. The summed E-state index contributed by atoms with van der Waals surface area (Å²) in [5, 5.41) is 0. The van der Waals surface area contributed by atoms with Gasteiger partial charge in [-0.2, -0.15) is 0 Å². The maximum Gasteiger partial charge on any atom is 0.223 e. The van der Waals surface area contributed by atoms with Crippen LogP contribution in [-0.2, 0) is 11.2 Å². The van der Waals surface area contributed by atoms with Crippen LogP contribution in [0, 0.1) is 0 Å². The third kappa shape index (κ3) is 4.13. The number of rotatable bonds is 7. The molecule has 0 radical (unpaired) electrons. The summed E-state index contributed by atoms with van der Waals surface area (Å²) in [7, 11) is 1.65. The Kier molecular flexibility index (Phi) is 5.08. The first-order valence-electron chi connectivity index (χ1n) is 6.73. The highest BCUT2D eigenvalue weighted by atomic mass is 35.5. The number of nitrogens with zero attached hydrogens (tertiary/aromatic N) is 1. The average Bonchev–Trinajstić information content (AvgIpc) is 3.27. The van der Waals surface area contributed by atoms with E-state index in [1.54, 1.807) is 7.11 Å². The summed E-state index contributed by atoms with van der Waals surface area (Å²) >= 11 is 5.75. The molecule has 2 rings (SSSR count). The lowest BCUT2D eigenvalue weighted by Crippen LogP contribution is -2.34. The van der Waals surface area contributed by atoms with Gasteiger partial charge < -0.3 is 9.64 Å². The second kappa shape index (κ2) is 6.80. The SMILES string of the molecule is COc1ccc(CCC(=O)N(CCCl)C2CC2)cc1. The number of carbonyl (C=O) groups is 1. The molecule has 1 aromatic carbocycles. The van der Waals surface area contributed by atoms with Gasteiger partial charge in [-0.05, 0) is 37.0 Å². The third-order valence-electron chi connectivity index (χ3n) is 3.42. The number of hydrogen-bond donors (Lipinski definition) is 0. The Morgan fingerprint density at radius 3 is 2.58 bits per heavy atom. The molecule has 3 nitrogen and oxygen atoms in total. The number of ether oxygens (including phenoxy) is 1. The minimum absolute atomic E-state index is 0.221. The molecule has 0 unspecified atom stereocenters. The van der Waals surface area contributed by atoms with E-state index in [1.165, 1.54) is 0 Å². The maximum atomic E-state index is 12.2. The summed E-state index contributed by atoms with van der Waals surface area (Å²) in [4.78, 5) is 14.1. The Morgan fingerprint density at radius 2 is 2.05 bits per heavy atom. The van der Waals surface area contributed by atoms with Gasteiger partial charge in [0, 0.05) is 24.9 Å². The highest BCUT2D eigenvalue weighted by Gasteiger charge is 2.31. The molecule has 1 aromatic rings. The fraction of sp³-hybridized carbons (Fsp3) is 0.533. The van der Waals surface area contributed by atoms with E-state index in [2.05, 4.69) is 0 Å². The van der Waals surface area contributed by atoms with Gasteiger partial charge >= 0.3 is 0 Å². The minimum atomic E-state index is 0.221. The Labute approximate surface area is 119 Å². The summed E-state index contributed by atoms with van der Waals surface area (Å²) < 4.78 is 5.11. The van der Waals surface area contributed by atoms with Crippen molar-refractivity contribution in [3.63, 3.8) is 0 Å². The number of hydrogen-bond acceptors (Lipinski definition) is 2. The van der Waals surface area contributed by atoms with Crippen molar-refractivity contribution in [2.75, 3.05) is 19.5 Å². The van der Waals surface area contributed by atoms with Crippen molar-refractivity contribution in [2.45, 2.75) is 31.7 Å². The van der Waals surface area contributed by atoms with Gasteiger partial charge in [0.2, 0.25) is 5.91 Å². The average molecular weight is 282 g/mol. The van der Waals surface area contributed by atoms with Crippen LogP contribution in [0.3, 0.4) is 0 Å². The van der Waals surface area contributed by atoms with Gasteiger partial charge in [0.1, 0.15) is 5.75 Å². The number of benzene rings is 1. The fourth-order valence-electron chi connectivity index (χ4n) is 2.18. The fourth-order valence-corrected chi connectivity index (χ4v) is 2.36. The number of halogens is 1. The molecule has 1 aliphatic rings. The van der Waals surface area contributed by atoms with Crippen LogP contribution in [0.2, 0.25) is 0 Å². The molecule has 19 heavy (non-hydrogen) atoms. The van der Waals surface area contributed by atoms with E-state index in [4.69, 9.17) is 16.3 Å². The second-order valence-electron chi connectivity index (χ2n) is 4.86. The van der Waals surface area contributed by atoms with Crippen LogP contribution in [0.5, 0.6) is 5.75 Å². The lowest BCUT2D eigenvalue weighted by atomic mass is 10.1. The minimum Gasteiger partial charge on any atom is -0.497 e. The van der Waals surface area contributed by atoms with Gasteiger partial charge in [0.05, 0.1) is 7.11 Å². The third-order valence-corrected chi connectivity index (χ3v) is 3.59. The molecule has 1 aliphatic carbocycles. The van der Waals surface area contributed by atoms with Crippen LogP contribution < -0.4 is 4.74 Å². The smallest absolute Gasteiger partial charge is 0.223 e. The molecule has 0 saturated heterocycles. The molecule has 104 valence electrons. The van der Waals surface area contributed by atoms with Gasteiger partial charge in [-0.1, -0.05) is 12.1 Å². The van der Waals surface area contributed by atoms with Crippen LogP contribution in [0.4, 0.5) is 0 Å². The van der Waals surface area contributed by atoms with Crippen molar-refractivity contribution >= 4 is 17.5 Å². The standard InChI is InChI=1S/C15H20ClNO2/c1-19-14-7-2-12(3-8-14)4-9-15(18)17(11-10-16)13-5-6-13/h2-3,7-8,13H,4-6,9-11H2,1H3. The first kappa shape index (κ1) is 14.2. The Balaban J connectivity index is 1.84. The molecular weight excluding hydrogens is 262 g/mol. The zero-order valence-corrected chi connectivity index (χ0v) is 12.0. The van der Waals surface area contributed by atoms with Crippen molar-refractivity contribution in [3.8, 4) is 5.75 Å². The summed E-state index contributed by atoms with van der Waals surface area (Å²) in [6.07, 6.45) is 3.59. The van der Waals surface area contributed by atoms with Crippen LogP contribution in [0.25, 0.3) is 0 Å². The summed E-state index contributed by atoms with van der Waals surface area (Å²) in [5.74, 6) is 1.58. The van der Waals surface area contributed by atoms with Crippen LogP contribution in [0.1, 0.15) is 24.8 Å². The normalized spacial score (nSPS) is 14.2. The maximum absolute atomic E-state index is 12.2. The van der Waals surface area contributed by atoms with Crippen molar-refractivity contribution in [3.05, 3.63) is 29.8 Å². The highest BCUT2D eigenvalue weighted by Crippen LogP contribution is 2.27. The monoisotopic (exact) mass is 281 g/mol. The van der Waals surface area contributed by atoms with Crippen molar-refractivity contribution < 1.29 is 9.53 Å². The molecule has 1 saturated carbocycles. The molecule has 1 amide bonds. The van der Waals surface area contributed by atoms with E-state index in [0.29, 0.717) is 24.9 Å². The molecule has 0 bridgehead atoms. The highest BCUT2D eigenvalue weighted by molar-refractivity contribution is 6.18. The molecule has 0 aliphatic heterocycles. The zero-order chi connectivity index (χ0) is 13.7. The summed E-state index contributed by atoms with van der Waals surface area (Å²) in [5.41, 5.74) is 1.16. The van der Waals surface area contributed by atoms with Gasteiger partial charge in [0.15, 0.2) is 0 Å². The molecule has 0 aromatic heterocycles. The zero-order valence-electron chi connectivity index (χ0n) is 11.3. The van der Waals surface area contributed by atoms with Crippen LogP contribution in [0.15, 0.2) is 24.3 Å². The van der Waals surface area contributed by atoms with Crippen LogP contribution >= 0.6 is 11.6 Å². The Hall–Kier alpha value is -1.22. The second-order valence-corrected chi connectivity index (χ2v) is 5.23. The number of amides is 1. The molecule has 0 N–H and O–H groups in total. The van der Waals surface area contributed by atoms with E-state index in [0.717, 1.165) is 30.6 Å². The topological polar surface area (TPSA) is 29.5 Å². The van der Waals surface area contributed by atoms with Gasteiger partial charge in [-0.25, -0.2) is 0 Å². The van der Waals surface area contributed by atoms with E-state index < -0.39 is 0 Å². The number of carbonyl (C=O) groups excluding carboxylic acids is 1. The van der Waals surface area contributed by atoms with Gasteiger partial charge in [0.25, 0.3) is 0 Å². The quantitative estimate of drug-likeness (QED) is 0.719. The Bertz CT molecular complexity index is 415. The summed E-state index contributed by atoms with van der Waals surface area (Å²) in [6, 6.07) is 8.32. The van der Waals surface area contributed by atoms with Crippen LogP contribution in [-0.4, -0.2) is 36.4 Å². The van der Waals surface area contributed by atoms with Gasteiger partial charge in [-0.15, -0.1) is 11.6 Å². The number of aryl methyl sites for hydroxylation is 1. The van der Waals surface area contributed by atoms with Crippen molar-refractivity contribution in [2.24, 2.45) is 0 Å². The van der Waals surface area contributed by atoms with E-state index in [-0.39, 0.29) is 5.91 Å².